The van der Waals surface area contributed by atoms with Crippen LogP contribution in [0.25, 0.3) is 0 Å². The fraction of sp³-hybridized carbons (Fsp3) is 0.462. The molecule has 1 aromatic rings. The minimum atomic E-state index is -0.216. The van der Waals surface area contributed by atoms with Crippen LogP contribution in [0.5, 0.6) is 0 Å². The molecule has 1 aliphatic rings. The maximum absolute atomic E-state index is 12.0. The van der Waals surface area contributed by atoms with Crippen molar-refractivity contribution in [3.05, 3.63) is 30.3 Å². The van der Waals surface area contributed by atoms with Gasteiger partial charge in [0.05, 0.1) is 6.04 Å². The highest BCUT2D eigenvalue weighted by atomic mass is 32.1. The summed E-state index contributed by atoms with van der Waals surface area (Å²) in [7, 11) is 0. The van der Waals surface area contributed by atoms with Crippen molar-refractivity contribution in [2.45, 2.75) is 37.8 Å². The van der Waals surface area contributed by atoms with E-state index in [1.807, 2.05) is 30.3 Å². The van der Waals surface area contributed by atoms with Crippen molar-refractivity contribution < 1.29 is 4.79 Å². The van der Waals surface area contributed by atoms with Crippen LogP contribution in [0.3, 0.4) is 0 Å². The third-order valence-corrected chi connectivity index (χ3v) is 3.81. The molecule has 5 heteroatoms. The zero-order chi connectivity index (χ0) is 13.0. The summed E-state index contributed by atoms with van der Waals surface area (Å²) in [4.78, 5) is 12.0. The molecule has 1 saturated carbocycles. The molecule has 0 saturated heterocycles. The Hall–Kier alpha value is -1.20. The Morgan fingerprint density at radius 2 is 1.94 bits per heavy atom. The molecule has 0 radical (unpaired) electrons. The average Bonchev–Trinajstić information content (AvgIpc) is 2.39. The lowest BCUT2D eigenvalue weighted by molar-refractivity contribution is 0.210. The second kappa shape index (κ2) is 6.11. The van der Waals surface area contributed by atoms with Crippen LogP contribution in [0.2, 0.25) is 0 Å². The third kappa shape index (κ3) is 3.17. The van der Waals surface area contributed by atoms with Crippen LogP contribution in [0.1, 0.15) is 25.7 Å². The number of carbonyl (C=O) groups excluding carboxylic acids is 1. The normalized spacial score (nSPS) is 23.4. The molecule has 0 bridgehead atoms. The quantitative estimate of drug-likeness (QED) is 0.720. The molecular weight excluding hydrogens is 246 g/mol. The van der Waals surface area contributed by atoms with Crippen molar-refractivity contribution >= 4 is 24.5 Å². The van der Waals surface area contributed by atoms with E-state index < -0.39 is 0 Å². The second-order valence-corrected chi connectivity index (χ2v) is 5.09. The monoisotopic (exact) mass is 265 g/mol. The van der Waals surface area contributed by atoms with E-state index in [1.165, 1.54) is 4.31 Å². The number of hydrogen-bond donors (Lipinski definition) is 3. The second-order valence-electron chi connectivity index (χ2n) is 4.66. The Morgan fingerprint density at radius 1 is 1.28 bits per heavy atom. The van der Waals surface area contributed by atoms with Crippen LogP contribution in [-0.4, -0.2) is 22.4 Å². The number of urea groups is 1. The van der Waals surface area contributed by atoms with Gasteiger partial charge in [-0.25, -0.2) is 4.79 Å². The van der Waals surface area contributed by atoms with Gasteiger partial charge in [0, 0.05) is 11.7 Å². The number of nitrogens with two attached hydrogens (primary N) is 1. The summed E-state index contributed by atoms with van der Waals surface area (Å²) in [6.45, 7) is 0. The number of nitrogens with one attached hydrogen (secondary N) is 1. The van der Waals surface area contributed by atoms with Gasteiger partial charge in [-0.2, -0.15) is 0 Å². The van der Waals surface area contributed by atoms with Crippen LogP contribution in [0, 0.1) is 0 Å². The Kier molecular flexibility index (Phi) is 4.49. The van der Waals surface area contributed by atoms with Crippen molar-refractivity contribution in [2.75, 3.05) is 5.32 Å². The molecule has 1 fully saturated rings. The first-order valence-corrected chi connectivity index (χ1v) is 6.68. The number of para-hydroxylation sites is 1. The lowest BCUT2D eigenvalue weighted by atomic mass is 9.91. The van der Waals surface area contributed by atoms with Gasteiger partial charge in [0.1, 0.15) is 0 Å². The molecule has 1 aliphatic carbocycles. The van der Waals surface area contributed by atoms with Crippen molar-refractivity contribution in [3.63, 3.8) is 0 Å². The first-order valence-electron chi connectivity index (χ1n) is 6.28. The topological polar surface area (TPSA) is 58.4 Å². The average molecular weight is 265 g/mol. The summed E-state index contributed by atoms with van der Waals surface area (Å²) in [5.41, 5.74) is 6.81. The number of rotatable bonds is 2. The van der Waals surface area contributed by atoms with E-state index in [0.717, 1.165) is 31.4 Å². The molecular formula is C13H19N3OS. The summed E-state index contributed by atoms with van der Waals surface area (Å²) in [5, 5.41) is 2.81. The molecule has 1 aromatic carbocycles. The molecule has 0 aromatic heterocycles. The Morgan fingerprint density at radius 3 is 2.61 bits per heavy atom. The fourth-order valence-corrected chi connectivity index (χ4v) is 2.63. The number of nitrogens with zero attached hydrogens (tertiary/aromatic N) is 1. The zero-order valence-electron chi connectivity index (χ0n) is 10.2. The minimum Gasteiger partial charge on any atom is -0.326 e. The van der Waals surface area contributed by atoms with Crippen LogP contribution in [0.15, 0.2) is 30.3 Å². The minimum absolute atomic E-state index is 0.0193. The van der Waals surface area contributed by atoms with E-state index in [1.54, 1.807) is 0 Å². The van der Waals surface area contributed by atoms with Gasteiger partial charge in [0.25, 0.3) is 0 Å². The van der Waals surface area contributed by atoms with E-state index in [9.17, 15) is 4.79 Å². The highest BCUT2D eigenvalue weighted by Crippen LogP contribution is 2.23. The highest BCUT2D eigenvalue weighted by molar-refractivity contribution is 7.78. The smallest absolute Gasteiger partial charge is 0.326 e. The van der Waals surface area contributed by atoms with Gasteiger partial charge in [0.15, 0.2) is 0 Å². The molecule has 98 valence electrons. The van der Waals surface area contributed by atoms with Crippen LogP contribution < -0.4 is 11.1 Å². The predicted octanol–water partition coefficient (Wildman–Crippen LogP) is 2.64. The largest absolute Gasteiger partial charge is 0.331 e. The third-order valence-electron chi connectivity index (χ3n) is 3.33. The zero-order valence-corrected chi connectivity index (χ0v) is 11.1. The summed E-state index contributed by atoms with van der Waals surface area (Å²) >= 11 is 4.30. The fourth-order valence-electron chi connectivity index (χ4n) is 2.30. The van der Waals surface area contributed by atoms with E-state index in [4.69, 9.17) is 5.73 Å². The Bertz CT molecular complexity index is 398. The molecule has 2 amide bonds. The molecule has 2 atom stereocenters. The van der Waals surface area contributed by atoms with Crippen molar-refractivity contribution in [1.29, 1.82) is 0 Å². The molecule has 4 nitrogen and oxygen atoms in total. The highest BCUT2D eigenvalue weighted by Gasteiger charge is 2.29. The lowest BCUT2D eigenvalue weighted by Crippen LogP contribution is -2.49. The number of carbonyl (C=O) groups is 1. The van der Waals surface area contributed by atoms with E-state index in [2.05, 4.69) is 18.1 Å². The van der Waals surface area contributed by atoms with E-state index in [0.29, 0.717) is 0 Å². The summed E-state index contributed by atoms with van der Waals surface area (Å²) in [6, 6.07) is 9.19. The standard InChI is InChI=1S/C13H19N3OS/c14-11-8-4-5-9-12(11)16(18)13(17)15-10-6-2-1-3-7-10/h1-3,6-7,11-12,18H,4-5,8-9,14H2,(H,15,17). The number of hydrogen-bond acceptors (Lipinski definition) is 3. The molecule has 0 spiro atoms. The number of anilines is 1. The molecule has 0 aliphatic heterocycles. The van der Waals surface area contributed by atoms with Crippen LogP contribution >= 0.6 is 12.8 Å². The van der Waals surface area contributed by atoms with Gasteiger partial charge in [-0.15, -0.1) is 0 Å². The molecule has 2 unspecified atom stereocenters. The van der Waals surface area contributed by atoms with Gasteiger partial charge >= 0.3 is 6.03 Å². The molecule has 2 rings (SSSR count). The van der Waals surface area contributed by atoms with Gasteiger partial charge in [-0.05, 0) is 25.0 Å². The van der Waals surface area contributed by atoms with Gasteiger partial charge in [-0.1, -0.05) is 43.9 Å². The summed E-state index contributed by atoms with van der Waals surface area (Å²) < 4.78 is 1.44. The summed E-state index contributed by atoms with van der Waals surface area (Å²) in [5.74, 6) is 0. The molecule has 3 N–H and O–H groups in total. The van der Waals surface area contributed by atoms with Gasteiger partial charge in [0.2, 0.25) is 0 Å². The molecule has 0 heterocycles. The predicted molar refractivity (Wildman–Crippen MR) is 76.5 cm³/mol. The van der Waals surface area contributed by atoms with E-state index in [-0.39, 0.29) is 18.1 Å². The molecule has 18 heavy (non-hydrogen) atoms. The Labute approximate surface area is 113 Å². The van der Waals surface area contributed by atoms with Crippen molar-refractivity contribution in [3.8, 4) is 0 Å². The van der Waals surface area contributed by atoms with Crippen LogP contribution in [-0.2, 0) is 0 Å². The maximum Gasteiger partial charge on any atom is 0.331 e. The van der Waals surface area contributed by atoms with E-state index >= 15 is 0 Å². The lowest BCUT2D eigenvalue weighted by Gasteiger charge is -2.34. The number of amides is 2. The van der Waals surface area contributed by atoms with Crippen molar-refractivity contribution in [2.24, 2.45) is 5.73 Å². The maximum atomic E-state index is 12.0. The van der Waals surface area contributed by atoms with Gasteiger partial charge < -0.3 is 11.1 Å². The number of thiol groups is 1. The summed E-state index contributed by atoms with van der Waals surface area (Å²) in [6.07, 6.45) is 4.13. The first kappa shape index (κ1) is 13.2. The Balaban J connectivity index is 1.96. The SMILES string of the molecule is NC1CCCCC1N(S)C(=O)Nc1ccccc1. The number of benzene rings is 1. The van der Waals surface area contributed by atoms with Crippen LogP contribution in [0.4, 0.5) is 10.5 Å². The first-order chi connectivity index (χ1) is 8.68. The van der Waals surface area contributed by atoms with Gasteiger partial charge in [-0.3, -0.25) is 4.31 Å². The van der Waals surface area contributed by atoms with Crippen molar-refractivity contribution in [1.82, 2.24) is 4.31 Å².